The van der Waals surface area contributed by atoms with Gasteiger partial charge in [-0.2, -0.15) is 0 Å². The molecule has 104 valence electrons. The van der Waals surface area contributed by atoms with Crippen molar-refractivity contribution in [3.05, 3.63) is 28.5 Å². The van der Waals surface area contributed by atoms with Crippen molar-refractivity contribution in [2.75, 3.05) is 25.0 Å². The average molecular weight is 329 g/mol. The molecule has 0 atom stereocenters. The fourth-order valence-corrected chi connectivity index (χ4v) is 2.74. The number of carbonyl (C=O) groups excluding carboxylic acids is 1. The van der Waals surface area contributed by atoms with Crippen LogP contribution in [0.5, 0.6) is 0 Å². The Hall–Kier alpha value is -1.10. The predicted octanol–water partition coefficient (Wildman–Crippen LogP) is 3.40. The molecular formula is C14H18BrFN2O. The highest BCUT2D eigenvalue weighted by atomic mass is 79.9. The van der Waals surface area contributed by atoms with E-state index in [2.05, 4.69) is 21.2 Å². The molecule has 1 aliphatic rings. The van der Waals surface area contributed by atoms with Crippen LogP contribution in [0.3, 0.4) is 0 Å². The van der Waals surface area contributed by atoms with Crippen molar-refractivity contribution in [3.8, 4) is 0 Å². The number of likely N-dealkylation sites (tertiary alicyclic amines) is 1. The molecule has 0 radical (unpaired) electrons. The Morgan fingerprint density at radius 2 is 1.95 bits per heavy atom. The summed E-state index contributed by atoms with van der Waals surface area (Å²) in [5, 5.41) is 2.89. The highest BCUT2D eigenvalue weighted by Crippen LogP contribution is 2.24. The molecule has 0 aromatic heterocycles. The van der Waals surface area contributed by atoms with Crippen LogP contribution in [-0.4, -0.2) is 30.4 Å². The first-order valence-electron chi connectivity index (χ1n) is 6.64. The first kappa shape index (κ1) is 14.3. The van der Waals surface area contributed by atoms with Gasteiger partial charge in [0, 0.05) is 17.6 Å². The number of hydrogen-bond acceptors (Lipinski definition) is 2. The van der Waals surface area contributed by atoms with Gasteiger partial charge in [-0.25, -0.2) is 4.39 Å². The minimum absolute atomic E-state index is 0.0389. The monoisotopic (exact) mass is 328 g/mol. The SMILES string of the molecule is O=C(CNc1c(F)cccc1Br)N1CCCCCC1. The first-order chi connectivity index (χ1) is 9.18. The van der Waals surface area contributed by atoms with E-state index >= 15 is 0 Å². The van der Waals surface area contributed by atoms with E-state index in [9.17, 15) is 9.18 Å². The summed E-state index contributed by atoms with van der Waals surface area (Å²) in [6.07, 6.45) is 4.51. The molecular weight excluding hydrogens is 311 g/mol. The molecule has 1 aromatic rings. The van der Waals surface area contributed by atoms with E-state index in [0.29, 0.717) is 10.2 Å². The van der Waals surface area contributed by atoms with Gasteiger partial charge in [-0.3, -0.25) is 4.79 Å². The Labute approximate surface area is 121 Å². The second-order valence-corrected chi connectivity index (χ2v) is 5.60. The quantitative estimate of drug-likeness (QED) is 0.922. The molecule has 0 unspecified atom stereocenters. The molecule has 1 fully saturated rings. The second kappa shape index (κ2) is 6.89. The molecule has 1 N–H and O–H groups in total. The standard InChI is InChI=1S/C14H18BrFN2O/c15-11-6-5-7-12(16)14(11)17-10-13(19)18-8-3-1-2-4-9-18/h5-7,17H,1-4,8-10H2. The van der Waals surface area contributed by atoms with Crippen LogP contribution >= 0.6 is 15.9 Å². The third-order valence-electron chi connectivity index (χ3n) is 3.34. The average Bonchev–Trinajstić information content (AvgIpc) is 2.66. The number of anilines is 1. The van der Waals surface area contributed by atoms with Crippen LogP contribution in [0.15, 0.2) is 22.7 Å². The lowest BCUT2D eigenvalue weighted by Crippen LogP contribution is -2.36. The number of nitrogens with one attached hydrogen (secondary N) is 1. The van der Waals surface area contributed by atoms with Crippen molar-refractivity contribution >= 4 is 27.5 Å². The zero-order chi connectivity index (χ0) is 13.7. The van der Waals surface area contributed by atoms with Crippen LogP contribution in [0, 0.1) is 5.82 Å². The van der Waals surface area contributed by atoms with Crippen molar-refractivity contribution in [1.29, 1.82) is 0 Å². The Morgan fingerprint density at radius 1 is 1.26 bits per heavy atom. The largest absolute Gasteiger partial charge is 0.373 e. The van der Waals surface area contributed by atoms with Gasteiger partial charge in [0.15, 0.2) is 0 Å². The molecule has 5 heteroatoms. The molecule has 1 aliphatic heterocycles. The summed E-state index contributed by atoms with van der Waals surface area (Å²) < 4.78 is 14.2. The summed E-state index contributed by atoms with van der Waals surface area (Å²) in [6.45, 7) is 1.78. The van der Waals surface area contributed by atoms with E-state index in [4.69, 9.17) is 0 Å². The van der Waals surface area contributed by atoms with Gasteiger partial charge >= 0.3 is 0 Å². The summed E-state index contributed by atoms with van der Waals surface area (Å²) in [5.41, 5.74) is 0.352. The number of amides is 1. The summed E-state index contributed by atoms with van der Waals surface area (Å²) in [7, 11) is 0. The first-order valence-corrected chi connectivity index (χ1v) is 7.43. The van der Waals surface area contributed by atoms with Crippen molar-refractivity contribution in [2.24, 2.45) is 0 Å². The maximum Gasteiger partial charge on any atom is 0.241 e. The van der Waals surface area contributed by atoms with Crippen LogP contribution < -0.4 is 5.32 Å². The number of hydrogen-bond donors (Lipinski definition) is 1. The van der Waals surface area contributed by atoms with E-state index in [1.54, 1.807) is 12.1 Å². The lowest BCUT2D eigenvalue weighted by molar-refractivity contribution is -0.129. The van der Waals surface area contributed by atoms with E-state index in [1.807, 2.05) is 4.90 Å². The smallest absolute Gasteiger partial charge is 0.241 e. The zero-order valence-corrected chi connectivity index (χ0v) is 12.4. The van der Waals surface area contributed by atoms with Gasteiger partial charge in [0.1, 0.15) is 5.82 Å². The Morgan fingerprint density at radius 3 is 2.58 bits per heavy atom. The lowest BCUT2D eigenvalue weighted by atomic mass is 10.2. The van der Waals surface area contributed by atoms with Gasteiger partial charge in [0.05, 0.1) is 12.2 Å². The fraction of sp³-hybridized carbons (Fsp3) is 0.500. The van der Waals surface area contributed by atoms with Crippen LogP contribution in [0.25, 0.3) is 0 Å². The predicted molar refractivity (Wildman–Crippen MR) is 77.6 cm³/mol. The number of carbonyl (C=O) groups is 1. The molecule has 1 heterocycles. The van der Waals surface area contributed by atoms with Crippen molar-refractivity contribution in [2.45, 2.75) is 25.7 Å². The van der Waals surface area contributed by atoms with Crippen molar-refractivity contribution < 1.29 is 9.18 Å². The number of para-hydroxylation sites is 1. The molecule has 2 rings (SSSR count). The van der Waals surface area contributed by atoms with Gasteiger partial charge in [-0.1, -0.05) is 18.9 Å². The third-order valence-corrected chi connectivity index (χ3v) is 4.00. The van der Waals surface area contributed by atoms with Gasteiger partial charge in [-0.15, -0.1) is 0 Å². The van der Waals surface area contributed by atoms with E-state index in [0.717, 1.165) is 25.9 Å². The Balaban J connectivity index is 1.92. The third kappa shape index (κ3) is 3.93. The molecule has 0 saturated carbocycles. The number of rotatable bonds is 3. The Kier molecular flexibility index (Phi) is 5.19. The normalized spacial score (nSPS) is 16.0. The molecule has 0 spiro atoms. The number of benzene rings is 1. The maximum atomic E-state index is 13.6. The zero-order valence-electron chi connectivity index (χ0n) is 10.8. The minimum atomic E-state index is -0.349. The molecule has 1 saturated heterocycles. The molecule has 1 amide bonds. The summed E-state index contributed by atoms with van der Waals surface area (Å²) in [5.74, 6) is -0.310. The van der Waals surface area contributed by atoms with Crippen LogP contribution in [0.4, 0.5) is 10.1 Å². The maximum absolute atomic E-state index is 13.6. The van der Waals surface area contributed by atoms with Crippen LogP contribution in [-0.2, 0) is 4.79 Å². The lowest BCUT2D eigenvalue weighted by Gasteiger charge is -2.21. The Bertz CT molecular complexity index is 425. The fourth-order valence-electron chi connectivity index (χ4n) is 2.26. The second-order valence-electron chi connectivity index (χ2n) is 4.75. The molecule has 0 bridgehead atoms. The van der Waals surface area contributed by atoms with E-state index < -0.39 is 0 Å². The van der Waals surface area contributed by atoms with E-state index in [1.165, 1.54) is 18.9 Å². The van der Waals surface area contributed by atoms with Crippen LogP contribution in [0.1, 0.15) is 25.7 Å². The number of nitrogens with zero attached hydrogens (tertiary/aromatic N) is 1. The number of halogens is 2. The van der Waals surface area contributed by atoms with Gasteiger partial charge in [-0.05, 0) is 40.9 Å². The highest BCUT2D eigenvalue weighted by Gasteiger charge is 2.16. The molecule has 1 aromatic carbocycles. The molecule has 19 heavy (non-hydrogen) atoms. The summed E-state index contributed by atoms with van der Waals surface area (Å²) >= 11 is 3.28. The molecule has 0 aliphatic carbocycles. The molecule has 3 nitrogen and oxygen atoms in total. The summed E-state index contributed by atoms with van der Waals surface area (Å²) in [6, 6.07) is 4.76. The van der Waals surface area contributed by atoms with Gasteiger partial charge < -0.3 is 10.2 Å². The minimum Gasteiger partial charge on any atom is -0.373 e. The van der Waals surface area contributed by atoms with Gasteiger partial charge in [0.2, 0.25) is 5.91 Å². The van der Waals surface area contributed by atoms with Gasteiger partial charge in [0.25, 0.3) is 0 Å². The highest BCUT2D eigenvalue weighted by molar-refractivity contribution is 9.10. The van der Waals surface area contributed by atoms with Crippen molar-refractivity contribution in [3.63, 3.8) is 0 Å². The summed E-state index contributed by atoms with van der Waals surface area (Å²) in [4.78, 5) is 13.9. The topological polar surface area (TPSA) is 32.3 Å². The van der Waals surface area contributed by atoms with E-state index in [-0.39, 0.29) is 18.3 Å². The van der Waals surface area contributed by atoms with Crippen LogP contribution in [0.2, 0.25) is 0 Å². The van der Waals surface area contributed by atoms with Crippen molar-refractivity contribution in [1.82, 2.24) is 4.90 Å².